The molecule has 0 bridgehead atoms. The molecule has 1 aliphatic rings. The number of hydrogen-bond acceptors (Lipinski definition) is 2. The molecule has 0 aromatic heterocycles. The van der Waals surface area contributed by atoms with Gasteiger partial charge in [-0.3, -0.25) is 0 Å². The molecular formula is C15H21NS. The van der Waals surface area contributed by atoms with Crippen molar-refractivity contribution in [3.05, 3.63) is 42.0 Å². The van der Waals surface area contributed by atoms with Crippen LogP contribution in [0.15, 0.2) is 41.3 Å². The van der Waals surface area contributed by atoms with Crippen LogP contribution in [0.5, 0.6) is 0 Å². The van der Waals surface area contributed by atoms with Crippen LogP contribution in [0.2, 0.25) is 0 Å². The normalized spacial score (nSPS) is 19.5. The van der Waals surface area contributed by atoms with Gasteiger partial charge in [0.1, 0.15) is 0 Å². The smallest absolute Gasteiger partial charge is 0.0274 e. The fourth-order valence-corrected chi connectivity index (χ4v) is 3.13. The molecule has 2 heteroatoms. The van der Waals surface area contributed by atoms with Gasteiger partial charge in [0.15, 0.2) is 0 Å². The number of hydrogen-bond donors (Lipinski definition) is 1. The summed E-state index contributed by atoms with van der Waals surface area (Å²) in [7, 11) is 0. The van der Waals surface area contributed by atoms with Gasteiger partial charge in [0.05, 0.1) is 0 Å². The second-order valence-corrected chi connectivity index (χ2v) is 5.75. The molecule has 0 heterocycles. The minimum Gasteiger partial charge on any atom is -0.313 e. The zero-order chi connectivity index (χ0) is 11.9. The highest BCUT2D eigenvalue weighted by Crippen LogP contribution is 2.30. The van der Waals surface area contributed by atoms with Gasteiger partial charge >= 0.3 is 0 Å². The molecule has 17 heavy (non-hydrogen) atoms. The molecule has 1 N–H and O–H groups in total. The monoisotopic (exact) mass is 247 g/mol. The van der Waals surface area contributed by atoms with Gasteiger partial charge in [-0.25, -0.2) is 0 Å². The first-order valence-corrected chi connectivity index (χ1v) is 7.39. The summed E-state index contributed by atoms with van der Waals surface area (Å²) in [6.07, 6.45) is 8.60. The van der Waals surface area contributed by atoms with Crippen molar-refractivity contribution in [2.75, 3.05) is 6.54 Å². The Morgan fingerprint density at radius 3 is 2.76 bits per heavy atom. The van der Waals surface area contributed by atoms with Gasteiger partial charge in [0.2, 0.25) is 0 Å². The Morgan fingerprint density at radius 1 is 1.29 bits per heavy atom. The standard InChI is InChI=1S/C15H21NS/c1-2-16-12-13-8-10-15(11-9-13)17-14-6-4-3-5-7-14/h4,6,8-11,14,16H,2-3,5,7,12H2,1H3. The highest BCUT2D eigenvalue weighted by atomic mass is 32.2. The molecule has 1 atom stereocenters. The maximum atomic E-state index is 3.35. The van der Waals surface area contributed by atoms with E-state index in [2.05, 4.69) is 48.7 Å². The van der Waals surface area contributed by atoms with Crippen LogP contribution in [-0.4, -0.2) is 11.8 Å². The van der Waals surface area contributed by atoms with Crippen molar-refractivity contribution in [1.82, 2.24) is 5.32 Å². The summed E-state index contributed by atoms with van der Waals surface area (Å²) in [5.41, 5.74) is 1.37. The van der Waals surface area contributed by atoms with Gasteiger partial charge < -0.3 is 5.32 Å². The second kappa shape index (κ2) is 6.87. The zero-order valence-electron chi connectivity index (χ0n) is 10.5. The van der Waals surface area contributed by atoms with Crippen LogP contribution in [0.4, 0.5) is 0 Å². The van der Waals surface area contributed by atoms with Crippen molar-refractivity contribution in [2.24, 2.45) is 0 Å². The fraction of sp³-hybridized carbons (Fsp3) is 0.467. The third kappa shape index (κ3) is 4.21. The van der Waals surface area contributed by atoms with Crippen molar-refractivity contribution in [3.63, 3.8) is 0 Å². The minimum atomic E-state index is 0.684. The van der Waals surface area contributed by atoms with Crippen LogP contribution >= 0.6 is 11.8 Å². The van der Waals surface area contributed by atoms with E-state index in [0.29, 0.717) is 5.25 Å². The summed E-state index contributed by atoms with van der Waals surface area (Å²) in [5.74, 6) is 0. The molecule has 92 valence electrons. The Labute approximate surface area is 109 Å². The van der Waals surface area contributed by atoms with E-state index < -0.39 is 0 Å². The van der Waals surface area contributed by atoms with Crippen LogP contribution in [0.3, 0.4) is 0 Å². The van der Waals surface area contributed by atoms with Crippen molar-refractivity contribution in [2.45, 2.75) is 42.9 Å². The number of allylic oxidation sites excluding steroid dienone is 1. The van der Waals surface area contributed by atoms with E-state index in [1.807, 2.05) is 11.8 Å². The summed E-state index contributed by atoms with van der Waals surface area (Å²) < 4.78 is 0. The van der Waals surface area contributed by atoms with Gasteiger partial charge in [-0.15, -0.1) is 11.8 Å². The first-order valence-electron chi connectivity index (χ1n) is 6.51. The highest BCUT2D eigenvalue weighted by Gasteiger charge is 2.09. The van der Waals surface area contributed by atoms with E-state index in [1.165, 1.54) is 29.7 Å². The average Bonchev–Trinajstić information content (AvgIpc) is 2.39. The lowest BCUT2D eigenvalue weighted by atomic mass is 10.1. The largest absolute Gasteiger partial charge is 0.313 e. The van der Waals surface area contributed by atoms with Gasteiger partial charge in [0, 0.05) is 16.7 Å². The summed E-state index contributed by atoms with van der Waals surface area (Å²) >= 11 is 1.99. The van der Waals surface area contributed by atoms with E-state index in [-0.39, 0.29) is 0 Å². The molecule has 0 saturated carbocycles. The SMILES string of the molecule is CCNCc1ccc(SC2C=CCCC2)cc1. The molecule has 0 saturated heterocycles. The fourth-order valence-electron chi connectivity index (χ4n) is 2.01. The average molecular weight is 247 g/mol. The Bertz CT molecular complexity index is 356. The molecule has 0 amide bonds. The van der Waals surface area contributed by atoms with E-state index >= 15 is 0 Å². The Balaban J connectivity index is 1.88. The molecule has 1 aromatic carbocycles. The molecule has 0 aliphatic heterocycles. The number of thioether (sulfide) groups is 1. The summed E-state index contributed by atoms with van der Waals surface area (Å²) in [6, 6.07) is 8.97. The number of benzene rings is 1. The molecule has 2 rings (SSSR count). The Kier molecular flexibility index (Phi) is 5.14. The third-order valence-electron chi connectivity index (χ3n) is 3.00. The van der Waals surface area contributed by atoms with Crippen LogP contribution in [-0.2, 0) is 6.54 Å². The van der Waals surface area contributed by atoms with Crippen molar-refractivity contribution in [1.29, 1.82) is 0 Å². The molecular weight excluding hydrogens is 226 g/mol. The molecule has 1 aromatic rings. The maximum absolute atomic E-state index is 3.35. The molecule has 1 nitrogen and oxygen atoms in total. The molecule has 0 spiro atoms. The molecule has 1 unspecified atom stereocenters. The lowest BCUT2D eigenvalue weighted by Crippen LogP contribution is -2.11. The first kappa shape index (κ1) is 12.7. The first-order chi connectivity index (χ1) is 8.38. The van der Waals surface area contributed by atoms with Gasteiger partial charge in [-0.1, -0.05) is 31.2 Å². The quantitative estimate of drug-likeness (QED) is 0.789. The van der Waals surface area contributed by atoms with Crippen LogP contribution in [0.1, 0.15) is 31.7 Å². The van der Waals surface area contributed by atoms with E-state index in [1.54, 1.807) is 0 Å². The molecule has 1 aliphatic carbocycles. The number of rotatable bonds is 5. The predicted molar refractivity (Wildman–Crippen MR) is 76.5 cm³/mol. The minimum absolute atomic E-state index is 0.684. The van der Waals surface area contributed by atoms with Gasteiger partial charge in [-0.05, 0) is 43.5 Å². The van der Waals surface area contributed by atoms with Crippen molar-refractivity contribution >= 4 is 11.8 Å². The van der Waals surface area contributed by atoms with Crippen LogP contribution in [0, 0.1) is 0 Å². The zero-order valence-corrected chi connectivity index (χ0v) is 11.3. The van der Waals surface area contributed by atoms with Crippen LogP contribution in [0.25, 0.3) is 0 Å². The number of nitrogens with one attached hydrogen (secondary N) is 1. The van der Waals surface area contributed by atoms with Crippen LogP contribution < -0.4 is 5.32 Å². The van der Waals surface area contributed by atoms with Crippen molar-refractivity contribution < 1.29 is 0 Å². The lowest BCUT2D eigenvalue weighted by Gasteiger charge is -2.15. The molecule has 0 fully saturated rings. The van der Waals surface area contributed by atoms with Crippen molar-refractivity contribution in [3.8, 4) is 0 Å². The summed E-state index contributed by atoms with van der Waals surface area (Å²) in [5, 5.41) is 4.03. The van der Waals surface area contributed by atoms with E-state index in [9.17, 15) is 0 Å². The summed E-state index contributed by atoms with van der Waals surface area (Å²) in [6.45, 7) is 4.15. The third-order valence-corrected chi connectivity index (χ3v) is 4.24. The highest BCUT2D eigenvalue weighted by molar-refractivity contribution is 8.00. The van der Waals surface area contributed by atoms with Gasteiger partial charge in [-0.2, -0.15) is 0 Å². The summed E-state index contributed by atoms with van der Waals surface area (Å²) in [4.78, 5) is 1.39. The maximum Gasteiger partial charge on any atom is 0.0274 e. The second-order valence-electron chi connectivity index (χ2n) is 4.44. The van der Waals surface area contributed by atoms with E-state index in [0.717, 1.165) is 13.1 Å². The lowest BCUT2D eigenvalue weighted by molar-refractivity contribution is 0.726. The Hall–Kier alpha value is -0.730. The molecule has 0 radical (unpaired) electrons. The topological polar surface area (TPSA) is 12.0 Å². The van der Waals surface area contributed by atoms with Gasteiger partial charge in [0.25, 0.3) is 0 Å². The predicted octanol–water partition coefficient (Wildman–Crippen LogP) is 4.00. The van der Waals surface area contributed by atoms with E-state index in [4.69, 9.17) is 0 Å². The Morgan fingerprint density at radius 2 is 2.12 bits per heavy atom.